The van der Waals surface area contributed by atoms with E-state index in [9.17, 15) is 0 Å². The number of rotatable bonds is 6. The number of para-hydroxylation sites is 2. The quantitative estimate of drug-likeness (QED) is 0.154. The lowest BCUT2D eigenvalue weighted by Crippen LogP contribution is -2.60. The molecule has 1 aromatic heterocycles. The van der Waals surface area contributed by atoms with Crippen LogP contribution in [0.3, 0.4) is 0 Å². The summed E-state index contributed by atoms with van der Waals surface area (Å²) in [6.45, 7) is 37.9. The second-order valence-electron chi connectivity index (χ2n) is 28.6. The Kier molecular flexibility index (Phi) is 12.3. The Bertz CT molecular complexity index is 3790. The minimum absolute atomic E-state index is 0.00845. The second-order valence-corrected chi connectivity index (χ2v) is 29.7. The van der Waals surface area contributed by atoms with Crippen LogP contribution in [0.15, 0.2) is 170 Å². The number of thiophene rings is 1. The molecule has 2 aliphatic heterocycles. The van der Waals surface area contributed by atoms with Crippen LogP contribution in [0.5, 0.6) is 0 Å². The van der Waals surface area contributed by atoms with Crippen molar-refractivity contribution < 1.29 is 0 Å². The fourth-order valence-corrected chi connectivity index (χ4v) is 14.3. The minimum atomic E-state index is -0.0813. The van der Waals surface area contributed by atoms with Crippen LogP contribution in [0.25, 0.3) is 21.2 Å². The van der Waals surface area contributed by atoms with E-state index in [4.69, 9.17) is 0 Å². The number of fused-ring (bicyclic) bond motifs is 7. The maximum absolute atomic E-state index is 2.71. The Balaban J connectivity index is 1.25. The molecule has 3 nitrogen and oxygen atoms in total. The van der Waals surface area contributed by atoms with Gasteiger partial charge >= 0.3 is 0 Å². The highest BCUT2D eigenvalue weighted by molar-refractivity contribution is 7.33. The molecule has 0 unspecified atom stereocenters. The fourth-order valence-electron chi connectivity index (χ4n) is 13.0. The molecule has 1 aliphatic carbocycles. The molecule has 0 bridgehead atoms. The van der Waals surface area contributed by atoms with Crippen LogP contribution in [0, 0.1) is 0 Å². The third-order valence-electron chi connectivity index (χ3n) is 17.9. The number of hydrogen-bond donors (Lipinski definition) is 0. The van der Waals surface area contributed by atoms with E-state index < -0.39 is 0 Å². The van der Waals surface area contributed by atoms with E-state index in [2.05, 4.69) is 295 Å². The molecule has 12 rings (SSSR count). The topological polar surface area (TPSA) is 9.72 Å². The molecule has 8 aromatic carbocycles. The SMILES string of the molecule is CC(C)(C)c1ccc(-c2cc(C(C)(C)C)ccc2N2c3ccc(C(C)(C)C)cc3B3c4sc5cc(C(C)(C)C)ccc5c4N(c4ccc5c(c4)C(C)(C)CCC5(C)C)c4cc(N(c5ccccc5)c5ccccc5)cc2c43)cc1. The lowest BCUT2D eigenvalue weighted by atomic mass is 9.36. The van der Waals surface area contributed by atoms with Crippen LogP contribution in [0.2, 0.25) is 0 Å². The van der Waals surface area contributed by atoms with Crippen LogP contribution in [0.1, 0.15) is 157 Å². The molecular formula is C74H80BN3S. The Hall–Kier alpha value is -6.82. The first-order valence-corrected chi connectivity index (χ1v) is 29.8. The average molecular weight is 1050 g/mol. The van der Waals surface area contributed by atoms with Crippen molar-refractivity contribution in [2.24, 2.45) is 0 Å². The van der Waals surface area contributed by atoms with Crippen molar-refractivity contribution in [2.75, 3.05) is 14.7 Å². The smallest absolute Gasteiger partial charge is 0.264 e. The van der Waals surface area contributed by atoms with Gasteiger partial charge in [-0.05, 0) is 168 Å². The van der Waals surface area contributed by atoms with Crippen molar-refractivity contribution in [1.29, 1.82) is 0 Å². The highest BCUT2D eigenvalue weighted by Gasteiger charge is 2.47. The summed E-state index contributed by atoms with van der Waals surface area (Å²) in [6, 6.07) is 66.2. The van der Waals surface area contributed by atoms with E-state index >= 15 is 0 Å². The van der Waals surface area contributed by atoms with Gasteiger partial charge in [-0.3, -0.25) is 0 Å². The van der Waals surface area contributed by atoms with Gasteiger partial charge in [0.2, 0.25) is 0 Å². The Morgan fingerprint density at radius 2 is 0.949 bits per heavy atom. The largest absolute Gasteiger partial charge is 0.311 e. The maximum atomic E-state index is 2.71. The molecule has 5 heteroatoms. The molecule has 0 radical (unpaired) electrons. The van der Waals surface area contributed by atoms with Crippen LogP contribution >= 0.6 is 11.3 Å². The normalized spacial score (nSPS) is 15.6. The van der Waals surface area contributed by atoms with Gasteiger partial charge in [0.1, 0.15) is 0 Å². The monoisotopic (exact) mass is 1050 g/mol. The van der Waals surface area contributed by atoms with Gasteiger partial charge in [0.05, 0.1) is 17.1 Å². The molecule has 0 atom stereocenters. The van der Waals surface area contributed by atoms with Crippen molar-refractivity contribution in [3.63, 3.8) is 0 Å². The van der Waals surface area contributed by atoms with Gasteiger partial charge in [0.25, 0.3) is 6.71 Å². The van der Waals surface area contributed by atoms with Gasteiger partial charge in [-0.25, -0.2) is 0 Å². The molecule has 0 saturated carbocycles. The summed E-state index contributed by atoms with van der Waals surface area (Å²) < 4.78 is 2.73. The first-order chi connectivity index (χ1) is 37.2. The van der Waals surface area contributed by atoms with Gasteiger partial charge in [-0.15, -0.1) is 11.3 Å². The maximum Gasteiger partial charge on any atom is 0.264 e. The molecule has 0 spiro atoms. The molecule has 0 amide bonds. The van der Waals surface area contributed by atoms with Crippen molar-refractivity contribution in [2.45, 2.75) is 156 Å². The first-order valence-electron chi connectivity index (χ1n) is 29.0. The Morgan fingerprint density at radius 3 is 1.53 bits per heavy atom. The van der Waals surface area contributed by atoms with Gasteiger partial charge in [0.15, 0.2) is 0 Å². The van der Waals surface area contributed by atoms with Crippen molar-refractivity contribution in [3.8, 4) is 11.1 Å². The molecule has 9 aromatic rings. The van der Waals surface area contributed by atoms with Crippen molar-refractivity contribution >= 4 is 95.0 Å². The molecular weight excluding hydrogens is 974 g/mol. The summed E-state index contributed by atoms with van der Waals surface area (Å²) in [5, 5.41) is 1.31. The van der Waals surface area contributed by atoms with E-state index in [1.54, 1.807) is 0 Å². The zero-order valence-corrected chi connectivity index (χ0v) is 50.7. The zero-order valence-electron chi connectivity index (χ0n) is 49.9. The van der Waals surface area contributed by atoms with Gasteiger partial charge < -0.3 is 14.7 Å². The number of benzene rings is 8. The minimum Gasteiger partial charge on any atom is -0.311 e. The third kappa shape index (κ3) is 9.04. The highest BCUT2D eigenvalue weighted by atomic mass is 32.1. The average Bonchev–Trinajstić information content (AvgIpc) is 4.06. The van der Waals surface area contributed by atoms with Crippen molar-refractivity contribution in [1.82, 2.24) is 0 Å². The van der Waals surface area contributed by atoms with E-state index in [1.165, 1.54) is 111 Å². The summed E-state index contributed by atoms with van der Waals surface area (Å²) in [6.07, 6.45) is 2.31. The highest BCUT2D eigenvalue weighted by Crippen LogP contribution is 2.54. The van der Waals surface area contributed by atoms with Crippen LogP contribution < -0.4 is 30.4 Å². The van der Waals surface area contributed by atoms with Gasteiger partial charge in [-0.2, -0.15) is 0 Å². The summed E-state index contributed by atoms with van der Waals surface area (Å²) in [5.41, 5.74) is 24.0. The lowest BCUT2D eigenvalue weighted by molar-refractivity contribution is 0.332. The summed E-state index contributed by atoms with van der Waals surface area (Å²) in [4.78, 5) is 7.85. The van der Waals surface area contributed by atoms with E-state index in [-0.39, 0.29) is 39.2 Å². The molecule has 0 fully saturated rings. The lowest BCUT2D eigenvalue weighted by Gasteiger charge is -2.46. The van der Waals surface area contributed by atoms with E-state index in [0.717, 1.165) is 23.5 Å². The number of nitrogens with zero attached hydrogens (tertiary/aromatic N) is 3. The fraction of sp³-hybridized carbons (Fsp3) is 0.324. The summed E-state index contributed by atoms with van der Waals surface area (Å²) >= 11 is 2.01. The molecule has 79 heavy (non-hydrogen) atoms. The molecule has 400 valence electrons. The van der Waals surface area contributed by atoms with E-state index in [1.807, 2.05) is 11.3 Å². The zero-order chi connectivity index (χ0) is 55.9. The van der Waals surface area contributed by atoms with Crippen LogP contribution in [-0.4, -0.2) is 6.71 Å². The van der Waals surface area contributed by atoms with Gasteiger partial charge in [-0.1, -0.05) is 208 Å². The summed E-state index contributed by atoms with van der Waals surface area (Å²) in [5.74, 6) is 0. The third-order valence-corrected chi connectivity index (χ3v) is 19.1. The van der Waals surface area contributed by atoms with E-state index in [0.29, 0.717) is 0 Å². The predicted molar refractivity (Wildman–Crippen MR) is 346 cm³/mol. The Morgan fingerprint density at radius 1 is 0.443 bits per heavy atom. The number of anilines is 9. The second kappa shape index (κ2) is 18.4. The number of hydrogen-bond acceptors (Lipinski definition) is 4. The van der Waals surface area contributed by atoms with Gasteiger partial charge in [0, 0.05) is 54.6 Å². The molecule has 0 N–H and O–H groups in total. The molecule has 3 heterocycles. The molecule has 0 saturated heterocycles. The van der Waals surface area contributed by atoms with Crippen molar-refractivity contribution in [3.05, 3.63) is 203 Å². The van der Waals surface area contributed by atoms with Crippen LogP contribution in [-0.2, 0) is 32.5 Å². The standard InChI is InChI=1S/C74H80BN3S/c1-69(2,3)48-29-27-47(28-30-48)57-41-49(70(4,5)6)32-37-61(57)78-62-38-33-50(71(7,8)9)42-60(62)75-66-63(45-55(46-64(66)78)76(52-23-19-17-20-24-52)53-25-21-18-22-26-53)77(54-34-36-58-59(44-54)74(15,16)40-39-73(58,13)14)67-56-35-31-51(72(10,11)12)43-65(56)79-68(67)75/h17-38,41-46H,39-40H2,1-16H3. The van der Waals surface area contributed by atoms with Crippen LogP contribution in [0.4, 0.5) is 51.2 Å². The first kappa shape index (κ1) is 52.9. The Labute approximate surface area is 477 Å². The molecule has 3 aliphatic rings. The summed E-state index contributed by atoms with van der Waals surface area (Å²) in [7, 11) is 0. The predicted octanol–water partition coefficient (Wildman–Crippen LogP) is 19.7.